The highest BCUT2D eigenvalue weighted by Gasteiger charge is 2.59. The third-order valence-electron chi connectivity index (χ3n) is 7.91. The number of carbonyl (C=O) groups is 1. The number of hydrogen-bond acceptors (Lipinski definition) is 2. The molecular formula is C19H27FO2. The summed E-state index contributed by atoms with van der Waals surface area (Å²) in [6, 6.07) is 0. The fourth-order valence-corrected chi connectivity index (χ4v) is 6.55. The van der Waals surface area contributed by atoms with Crippen LogP contribution in [0.15, 0.2) is 11.6 Å². The van der Waals surface area contributed by atoms with Crippen LogP contribution < -0.4 is 0 Å². The molecule has 0 aromatic carbocycles. The van der Waals surface area contributed by atoms with E-state index >= 15 is 0 Å². The zero-order chi connectivity index (χ0) is 15.7. The van der Waals surface area contributed by atoms with E-state index in [1.165, 1.54) is 5.57 Å². The Kier molecular flexibility index (Phi) is 3.15. The summed E-state index contributed by atoms with van der Waals surface area (Å²) in [6.07, 6.45) is 6.76. The second-order valence-corrected chi connectivity index (χ2v) is 8.71. The van der Waals surface area contributed by atoms with Gasteiger partial charge in [0.25, 0.3) is 0 Å². The Morgan fingerprint density at radius 1 is 1.18 bits per heavy atom. The summed E-state index contributed by atoms with van der Waals surface area (Å²) in [5, 5.41) is 10.4. The van der Waals surface area contributed by atoms with Gasteiger partial charge in [-0.05, 0) is 79.6 Å². The lowest BCUT2D eigenvalue weighted by molar-refractivity contribution is -0.124. The molecule has 0 radical (unpaired) electrons. The van der Waals surface area contributed by atoms with E-state index in [4.69, 9.17) is 0 Å². The number of alkyl halides is 1. The van der Waals surface area contributed by atoms with Crippen molar-refractivity contribution in [3.8, 4) is 0 Å². The molecule has 122 valence electrons. The Morgan fingerprint density at radius 2 is 1.95 bits per heavy atom. The van der Waals surface area contributed by atoms with Crippen LogP contribution in [-0.4, -0.2) is 23.2 Å². The molecule has 4 rings (SSSR count). The highest BCUT2D eigenvalue weighted by Crippen LogP contribution is 2.65. The molecule has 4 aliphatic rings. The van der Waals surface area contributed by atoms with Crippen molar-refractivity contribution in [2.24, 2.45) is 28.6 Å². The number of hydrogen-bond donors (Lipinski definition) is 1. The highest BCUT2D eigenvalue weighted by atomic mass is 19.1. The van der Waals surface area contributed by atoms with Crippen LogP contribution in [0.1, 0.15) is 58.8 Å². The summed E-state index contributed by atoms with van der Waals surface area (Å²) >= 11 is 0. The lowest BCUT2D eigenvalue weighted by Crippen LogP contribution is -2.52. The van der Waals surface area contributed by atoms with Crippen molar-refractivity contribution >= 4 is 5.78 Å². The molecule has 3 heteroatoms. The number of fused-ring (bicyclic) bond motifs is 5. The van der Waals surface area contributed by atoms with E-state index in [9.17, 15) is 14.3 Å². The molecule has 0 heterocycles. The van der Waals surface area contributed by atoms with Gasteiger partial charge in [0.2, 0.25) is 0 Å². The number of rotatable bonds is 0. The molecule has 3 fully saturated rings. The van der Waals surface area contributed by atoms with Gasteiger partial charge in [-0.2, -0.15) is 0 Å². The van der Waals surface area contributed by atoms with E-state index in [2.05, 4.69) is 13.8 Å². The molecule has 2 nitrogen and oxygen atoms in total. The number of aliphatic hydroxyl groups is 1. The summed E-state index contributed by atoms with van der Waals surface area (Å²) in [5.74, 6) is 1.35. The standard InChI is InChI=1S/C19H27FO2/c1-18-8-7-14-12(13(18)5-6-17(18)22)4-3-11-9-16(21)15(20)10-19(11,14)2/h9,12-15,17,22H,3-8,10H2,1-2H3/t12-,13-,14-,15?,17+,18-,19-/m0/s1. The molecule has 0 aromatic rings. The average molecular weight is 306 g/mol. The summed E-state index contributed by atoms with van der Waals surface area (Å²) in [6.45, 7) is 4.46. The summed E-state index contributed by atoms with van der Waals surface area (Å²) < 4.78 is 14.1. The molecular weight excluding hydrogens is 279 g/mol. The Morgan fingerprint density at radius 3 is 2.73 bits per heavy atom. The maximum atomic E-state index is 14.1. The molecule has 0 bridgehead atoms. The SMILES string of the molecule is C[C@]12CC[C@H]3[C@@H](CCC4=CC(=O)C(F)C[C@@]43C)[C@@H]1CC[C@H]2O. The highest BCUT2D eigenvalue weighted by molar-refractivity contribution is 5.95. The van der Waals surface area contributed by atoms with E-state index in [-0.39, 0.29) is 22.7 Å². The first-order valence-electron chi connectivity index (χ1n) is 8.93. The lowest BCUT2D eigenvalue weighted by atomic mass is 9.47. The quantitative estimate of drug-likeness (QED) is 0.738. The molecule has 0 aliphatic heterocycles. The van der Waals surface area contributed by atoms with Crippen molar-refractivity contribution in [1.29, 1.82) is 0 Å². The summed E-state index contributed by atoms with van der Waals surface area (Å²) in [5.41, 5.74) is 1.14. The monoisotopic (exact) mass is 306 g/mol. The lowest BCUT2D eigenvalue weighted by Gasteiger charge is -2.57. The smallest absolute Gasteiger partial charge is 0.189 e. The van der Waals surface area contributed by atoms with Gasteiger partial charge in [-0.25, -0.2) is 4.39 Å². The summed E-state index contributed by atoms with van der Waals surface area (Å²) in [4.78, 5) is 11.7. The fourth-order valence-electron chi connectivity index (χ4n) is 6.55. The molecule has 4 aliphatic carbocycles. The van der Waals surface area contributed by atoms with Gasteiger partial charge < -0.3 is 5.11 Å². The molecule has 0 amide bonds. The Labute approximate surface area is 132 Å². The van der Waals surface area contributed by atoms with E-state index in [0.29, 0.717) is 24.2 Å². The average Bonchev–Trinajstić information content (AvgIpc) is 2.77. The number of halogens is 1. The predicted octanol–water partition coefficient (Wildman–Crippen LogP) is 3.83. The molecule has 22 heavy (non-hydrogen) atoms. The van der Waals surface area contributed by atoms with Crippen LogP contribution in [-0.2, 0) is 4.79 Å². The molecule has 0 saturated heterocycles. The van der Waals surface area contributed by atoms with Gasteiger partial charge in [-0.3, -0.25) is 4.79 Å². The third-order valence-corrected chi connectivity index (χ3v) is 7.91. The largest absolute Gasteiger partial charge is 0.393 e. The third kappa shape index (κ3) is 1.78. The topological polar surface area (TPSA) is 37.3 Å². The molecule has 0 aromatic heterocycles. The second kappa shape index (κ2) is 4.66. The Balaban J connectivity index is 1.70. The van der Waals surface area contributed by atoms with E-state index in [0.717, 1.165) is 38.5 Å². The molecule has 1 N–H and O–H groups in total. The zero-order valence-electron chi connectivity index (χ0n) is 13.6. The van der Waals surface area contributed by atoms with E-state index < -0.39 is 6.17 Å². The first-order chi connectivity index (χ1) is 10.4. The van der Waals surface area contributed by atoms with Crippen LogP contribution >= 0.6 is 0 Å². The molecule has 0 spiro atoms. The number of ketones is 1. The van der Waals surface area contributed by atoms with Gasteiger partial charge >= 0.3 is 0 Å². The first-order valence-corrected chi connectivity index (χ1v) is 8.93. The summed E-state index contributed by atoms with van der Waals surface area (Å²) in [7, 11) is 0. The first kappa shape index (κ1) is 14.9. The van der Waals surface area contributed by atoms with Crippen molar-refractivity contribution in [1.82, 2.24) is 0 Å². The zero-order valence-corrected chi connectivity index (χ0v) is 13.6. The molecule has 7 atom stereocenters. The maximum Gasteiger partial charge on any atom is 0.189 e. The van der Waals surface area contributed by atoms with Crippen LogP contribution in [0.5, 0.6) is 0 Å². The van der Waals surface area contributed by atoms with Crippen molar-refractivity contribution in [3.05, 3.63) is 11.6 Å². The van der Waals surface area contributed by atoms with Crippen molar-refractivity contribution in [2.75, 3.05) is 0 Å². The van der Waals surface area contributed by atoms with Gasteiger partial charge in [0.1, 0.15) is 0 Å². The van der Waals surface area contributed by atoms with Gasteiger partial charge in [-0.1, -0.05) is 19.4 Å². The minimum atomic E-state index is -1.31. The Hall–Kier alpha value is -0.700. The maximum absolute atomic E-state index is 14.1. The van der Waals surface area contributed by atoms with E-state index in [1.54, 1.807) is 6.08 Å². The number of carbonyl (C=O) groups excluding carboxylic acids is 1. The molecule has 1 unspecified atom stereocenters. The van der Waals surface area contributed by atoms with Crippen LogP contribution in [0, 0.1) is 28.6 Å². The predicted molar refractivity (Wildman–Crippen MR) is 83.0 cm³/mol. The van der Waals surface area contributed by atoms with E-state index in [1.807, 2.05) is 0 Å². The van der Waals surface area contributed by atoms with Crippen molar-refractivity contribution in [3.63, 3.8) is 0 Å². The second-order valence-electron chi connectivity index (χ2n) is 8.71. The van der Waals surface area contributed by atoms with Crippen LogP contribution in [0.3, 0.4) is 0 Å². The van der Waals surface area contributed by atoms with Crippen molar-refractivity contribution < 1.29 is 14.3 Å². The normalized spacial score (nSPS) is 54.3. The van der Waals surface area contributed by atoms with Gasteiger partial charge in [0.05, 0.1) is 6.10 Å². The van der Waals surface area contributed by atoms with Gasteiger partial charge in [0, 0.05) is 0 Å². The van der Waals surface area contributed by atoms with Gasteiger partial charge in [-0.15, -0.1) is 0 Å². The van der Waals surface area contributed by atoms with Crippen LogP contribution in [0.25, 0.3) is 0 Å². The minimum absolute atomic E-state index is 0.0678. The van der Waals surface area contributed by atoms with Crippen molar-refractivity contribution in [2.45, 2.75) is 71.1 Å². The number of allylic oxidation sites excluding steroid dienone is 1. The number of aliphatic hydroxyl groups excluding tert-OH is 1. The fraction of sp³-hybridized carbons (Fsp3) is 0.842. The van der Waals surface area contributed by atoms with Gasteiger partial charge in [0.15, 0.2) is 12.0 Å². The Bertz CT molecular complexity index is 542. The molecule has 3 saturated carbocycles. The van der Waals surface area contributed by atoms with Crippen LogP contribution in [0.4, 0.5) is 4.39 Å². The van der Waals surface area contributed by atoms with Crippen LogP contribution in [0.2, 0.25) is 0 Å². The minimum Gasteiger partial charge on any atom is -0.393 e.